The van der Waals surface area contributed by atoms with Crippen molar-refractivity contribution in [3.8, 4) is 5.75 Å². The van der Waals surface area contributed by atoms with Gasteiger partial charge in [0.25, 0.3) is 10.0 Å². The molecule has 0 atom stereocenters. The molecule has 6 nitrogen and oxygen atoms in total. The van der Waals surface area contributed by atoms with Gasteiger partial charge in [-0.1, -0.05) is 18.5 Å². The number of thioether (sulfide) groups is 1. The summed E-state index contributed by atoms with van der Waals surface area (Å²) < 4.78 is 35.2. The number of sulfonamides is 1. The second-order valence-electron chi connectivity index (χ2n) is 8.22. The van der Waals surface area contributed by atoms with Crippen molar-refractivity contribution in [3.05, 3.63) is 52.5 Å². The van der Waals surface area contributed by atoms with Crippen molar-refractivity contribution < 1.29 is 23.1 Å². The fourth-order valence-corrected chi connectivity index (χ4v) is 8.36. The van der Waals surface area contributed by atoms with Gasteiger partial charge in [-0.05, 0) is 91.8 Å². The number of benzene rings is 2. The summed E-state index contributed by atoms with van der Waals surface area (Å²) in [5.74, 6) is 0.416. The monoisotopic (exact) mass is 555 g/mol. The molecule has 0 bridgehead atoms. The van der Waals surface area contributed by atoms with Crippen molar-refractivity contribution in [1.29, 1.82) is 0 Å². The molecule has 1 aromatic heterocycles. The van der Waals surface area contributed by atoms with E-state index in [-0.39, 0.29) is 6.61 Å². The predicted molar refractivity (Wildman–Crippen MR) is 145 cm³/mol. The summed E-state index contributed by atoms with van der Waals surface area (Å²) in [4.78, 5) is 11.8. The smallest absolute Gasteiger partial charge is 0.341 e. The summed E-state index contributed by atoms with van der Waals surface area (Å²) in [6.45, 7) is 6.33. The minimum Gasteiger partial charge on any atom is -0.482 e. The van der Waals surface area contributed by atoms with Crippen LogP contribution >= 0.6 is 34.7 Å². The average molecular weight is 556 g/mol. The van der Waals surface area contributed by atoms with E-state index in [2.05, 4.69) is 0 Å². The van der Waals surface area contributed by atoms with Crippen molar-refractivity contribution in [2.75, 3.05) is 25.4 Å². The van der Waals surface area contributed by atoms with Crippen LogP contribution in [0.5, 0.6) is 5.75 Å². The number of aryl methyl sites for hydroxylation is 2. The number of carboxylic acid groups (broad SMARTS) is 1. The van der Waals surface area contributed by atoms with Gasteiger partial charge in [0.1, 0.15) is 9.96 Å². The van der Waals surface area contributed by atoms with E-state index in [0.29, 0.717) is 28.1 Å². The number of unbranched alkanes of at least 4 members (excludes halogenated alkanes) is 1. The molecular weight excluding hydrogens is 526 g/mol. The zero-order valence-corrected chi connectivity index (χ0v) is 23.2. The summed E-state index contributed by atoms with van der Waals surface area (Å²) >= 11 is 9.13. The van der Waals surface area contributed by atoms with Gasteiger partial charge in [0, 0.05) is 27.7 Å². The van der Waals surface area contributed by atoms with E-state index in [0.717, 1.165) is 51.1 Å². The number of ether oxygens (including phenoxy) is 1. The molecule has 3 rings (SSSR count). The molecule has 0 spiro atoms. The molecule has 10 heteroatoms. The lowest BCUT2D eigenvalue weighted by molar-refractivity contribution is -0.139. The van der Waals surface area contributed by atoms with E-state index in [9.17, 15) is 13.2 Å². The number of hydrogen-bond acceptors (Lipinski definition) is 6. The lowest BCUT2D eigenvalue weighted by Crippen LogP contribution is -2.32. The van der Waals surface area contributed by atoms with Crippen LogP contribution in [0.1, 0.15) is 37.3 Å². The third-order valence-corrected chi connectivity index (χ3v) is 10.6. The highest BCUT2D eigenvalue weighted by Crippen LogP contribution is 2.37. The Hall–Kier alpha value is -1.78. The number of fused-ring (bicyclic) bond motifs is 1. The van der Waals surface area contributed by atoms with Crippen molar-refractivity contribution in [2.24, 2.45) is 0 Å². The Labute approximate surface area is 220 Å². The Kier molecular flexibility index (Phi) is 9.89. The highest BCUT2D eigenvalue weighted by molar-refractivity contribution is 7.99. The molecule has 2 aromatic carbocycles. The number of rotatable bonds is 13. The molecule has 0 radical (unpaired) electrons. The number of carbonyl (C=O) groups is 1. The van der Waals surface area contributed by atoms with Crippen LogP contribution in [0.15, 0.2) is 45.5 Å². The molecule has 0 aliphatic carbocycles. The Morgan fingerprint density at radius 3 is 2.60 bits per heavy atom. The summed E-state index contributed by atoms with van der Waals surface area (Å²) in [5, 5.41) is 10.2. The molecule has 0 saturated carbocycles. The van der Waals surface area contributed by atoms with Crippen LogP contribution in [0.2, 0.25) is 5.02 Å². The number of halogens is 1. The van der Waals surface area contributed by atoms with E-state index in [4.69, 9.17) is 21.4 Å². The number of aliphatic carboxylic acids is 1. The third kappa shape index (κ3) is 7.13. The zero-order chi connectivity index (χ0) is 25.6. The van der Waals surface area contributed by atoms with Crippen LogP contribution in [0, 0.1) is 13.8 Å². The molecule has 0 fully saturated rings. The molecule has 0 unspecified atom stereocenters. The number of nitrogens with zero attached hydrogens (tertiary/aromatic N) is 1. The first-order chi connectivity index (χ1) is 16.6. The van der Waals surface area contributed by atoms with Gasteiger partial charge >= 0.3 is 5.97 Å². The normalized spacial score (nSPS) is 11.9. The van der Waals surface area contributed by atoms with Gasteiger partial charge in [-0.25, -0.2) is 13.2 Å². The van der Waals surface area contributed by atoms with E-state index < -0.39 is 16.0 Å². The molecule has 0 aliphatic heterocycles. The Balaban J connectivity index is 1.58. The Bertz CT molecular complexity index is 1290. The average Bonchev–Trinajstić information content (AvgIpc) is 3.14. The predicted octanol–water partition coefficient (Wildman–Crippen LogP) is 6.61. The highest BCUT2D eigenvalue weighted by Gasteiger charge is 2.28. The van der Waals surface area contributed by atoms with Crippen LogP contribution < -0.4 is 4.74 Å². The van der Waals surface area contributed by atoms with Gasteiger partial charge in [-0.2, -0.15) is 4.31 Å². The molecule has 0 amide bonds. The molecule has 3 aromatic rings. The molecule has 0 aliphatic rings. The van der Waals surface area contributed by atoms with Gasteiger partial charge in [0.05, 0.1) is 0 Å². The first kappa shape index (κ1) is 27.8. The molecular formula is C25H30ClNO5S3. The Morgan fingerprint density at radius 2 is 1.91 bits per heavy atom. The van der Waals surface area contributed by atoms with Crippen LogP contribution in [-0.4, -0.2) is 49.2 Å². The summed E-state index contributed by atoms with van der Waals surface area (Å²) in [5.41, 5.74) is 1.65. The maximum atomic E-state index is 13.5. The lowest BCUT2D eigenvalue weighted by atomic mass is 10.2. The fraction of sp³-hybridized carbons (Fsp3) is 0.400. The molecule has 190 valence electrons. The van der Waals surface area contributed by atoms with E-state index >= 15 is 0 Å². The highest BCUT2D eigenvalue weighted by atomic mass is 35.5. The van der Waals surface area contributed by atoms with E-state index in [1.54, 1.807) is 28.2 Å². The van der Waals surface area contributed by atoms with Gasteiger partial charge in [0.15, 0.2) is 6.61 Å². The van der Waals surface area contributed by atoms with Crippen molar-refractivity contribution in [2.45, 2.75) is 49.1 Å². The molecule has 0 saturated heterocycles. The van der Waals surface area contributed by atoms with Crippen molar-refractivity contribution >= 4 is 60.8 Å². The van der Waals surface area contributed by atoms with E-state index in [1.165, 1.54) is 11.3 Å². The SMILES string of the molecule is CCCN(CCCCSc1ccc(OCC(=O)O)c(C)c1)S(=O)(=O)c1sc2ccc(Cl)cc2c1C. The third-order valence-electron chi connectivity index (χ3n) is 5.47. The zero-order valence-electron chi connectivity index (χ0n) is 20.0. The van der Waals surface area contributed by atoms with Crippen molar-refractivity contribution in [3.63, 3.8) is 0 Å². The summed E-state index contributed by atoms with van der Waals surface area (Å²) in [6, 6.07) is 11.2. The first-order valence-corrected chi connectivity index (χ1v) is 15.0. The summed E-state index contributed by atoms with van der Waals surface area (Å²) in [7, 11) is -3.58. The topological polar surface area (TPSA) is 83.9 Å². The maximum Gasteiger partial charge on any atom is 0.341 e. The number of carboxylic acids is 1. The summed E-state index contributed by atoms with van der Waals surface area (Å²) in [6.07, 6.45) is 2.39. The second kappa shape index (κ2) is 12.5. The standard InChI is InChI=1S/C25H30ClNO5S3/c1-4-11-27(35(30,31)25-18(3)21-15-19(26)7-10-23(21)34-25)12-5-6-13-33-20-8-9-22(17(2)14-20)32-16-24(28)29/h7-10,14-15H,4-6,11-13,16H2,1-3H3,(H,28,29). The quantitative estimate of drug-likeness (QED) is 0.189. The van der Waals surface area contributed by atoms with Gasteiger partial charge in [-0.15, -0.1) is 23.1 Å². The lowest BCUT2D eigenvalue weighted by Gasteiger charge is -2.21. The number of thiophene rings is 1. The second-order valence-corrected chi connectivity index (χ2v) is 13.0. The largest absolute Gasteiger partial charge is 0.482 e. The van der Waals surface area contributed by atoms with Crippen molar-refractivity contribution in [1.82, 2.24) is 4.31 Å². The Morgan fingerprint density at radius 1 is 1.14 bits per heavy atom. The van der Waals surface area contributed by atoms with Gasteiger partial charge in [0.2, 0.25) is 0 Å². The molecule has 1 N–H and O–H groups in total. The molecule has 1 heterocycles. The van der Waals surface area contributed by atoms with E-state index in [1.807, 2.05) is 45.0 Å². The van der Waals surface area contributed by atoms with Gasteiger partial charge < -0.3 is 9.84 Å². The minimum absolute atomic E-state index is 0.362. The first-order valence-electron chi connectivity index (χ1n) is 11.4. The molecule has 35 heavy (non-hydrogen) atoms. The maximum absolute atomic E-state index is 13.5. The van der Waals surface area contributed by atoms with Crippen LogP contribution in [-0.2, 0) is 14.8 Å². The minimum atomic E-state index is -3.58. The van der Waals surface area contributed by atoms with Gasteiger partial charge in [-0.3, -0.25) is 0 Å². The van der Waals surface area contributed by atoms with Crippen LogP contribution in [0.4, 0.5) is 0 Å². The van der Waals surface area contributed by atoms with Crippen LogP contribution in [0.25, 0.3) is 10.1 Å². The van der Waals surface area contributed by atoms with Crippen LogP contribution in [0.3, 0.4) is 0 Å². The number of hydrogen-bond donors (Lipinski definition) is 1. The fourth-order valence-electron chi connectivity index (χ4n) is 3.73.